The van der Waals surface area contributed by atoms with Gasteiger partial charge in [0.1, 0.15) is 23.8 Å². The van der Waals surface area contributed by atoms with Crippen molar-refractivity contribution >= 4 is 34.5 Å². The molecule has 1 unspecified atom stereocenters. The second kappa shape index (κ2) is 6.78. The molecular weight excluding hydrogens is 392 g/mol. The summed E-state index contributed by atoms with van der Waals surface area (Å²) in [4.78, 5) is 23.4. The number of anilines is 1. The molecule has 4 rings (SSSR count). The number of nitrogen functional groups attached to an aromatic ring is 1. The largest absolute Gasteiger partial charge is 0.390 e. The van der Waals surface area contributed by atoms with E-state index in [9.17, 15) is 9.90 Å². The number of aliphatic hydroxyl groups is 1. The van der Waals surface area contributed by atoms with E-state index in [0.29, 0.717) is 11.2 Å². The van der Waals surface area contributed by atoms with Gasteiger partial charge in [0.25, 0.3) is 0 Å². The summed E-state index contributed by atoms with van der Waals surface area (Å²) >= 11 is 5.94. The van der Waals surface area contributed by atoms with Crippen molar-refractivity contribution in [3.8, 4) is 0 Å². The quantitative estimate of drug-likeness (QED) is 0.578. The number of imidazole rings is 1. The van der Waals surface area contributed by atoms with Gasteiger partial charge < -0.3 is 30.8 Å². The first-order valence-corrected chi connectivity index (χ1v) is 9.17. The Morgan fingerprint density at radius 3 is 2.82 bits per heavy atom. The van der Waals surface area contributed by atoms with Crippen LogP contribution in [0.2, 0.25) is 5.28 Å². The lowest BCUT2D eigenvalue weighted by molar-refractivity contribution is -0.207. The van der Waals surface area contributed by atoms with E-state index in [-0.39, 0.29) is 23.9 Å². The van der Waals surface area contributed by atoms with Crippen LogP contribution in [0, 0.1) is 0 Å². The third-order valence-corrected chi connectivity index (χ3v) is 5.00. The number of hydrogen-bond donors (Lipinski definition) is 3. The number of carbonyl (C=O) groups excluding carboxylic acids is 1. The number of rotatable bonds is 5. The zero-order valence-electron chi connectivity index (χ0n) is 15.3. The summed E-state index contributed by atoms with van der Waals surface area (Å²) in [5, 5.41) is 10.5. The number of hydrogen-bond acceptors (Lipinski definition) is 9. The van der Waals surface area contributed by atoms with E-state index in [4.69, 9.17) is 37.3 Å². The Morgan fingerprint density at radius 1 is 1.39 bits per heavy atom. The highest BCUT2D eigenvalue weighted by atomic mass is 35.5. The molecule has 2 saturated heterocycles. The lowest BCUT2D eigenvalue weighted by Gasteiger charge is -2.26. The molecule has 28 heavy (non-hydrogen) atoms. The molecule has 0 saturated carbocycles. The number of nitrogens with two attached hydrogens (primary N) is 2. The van der Waals surface area contributed by atoms with Gasteiger partial charge >= 0.3 is 0 Å². The van der Waals surface area contributed by atoms with Crippen LogP contribution in [0.5, 0.6) is 0 Å². The molecule has 2 aromatic heterocycles. The molecule has 5 N–H and O–H groups in total. The smallest absolute Gasteiger partial charge is 0.226 e. The highest BCUT2D eigenvalue weighted by molar-refractivity contribution is 6.28. The first kappa shape index (κ1) is 19.3. The molecule has 0 aliphatic carbocycles. The summed E-state index contributed by atoms with van der Waals surface area (Å²) in [5.41, 5.74) is 11.8. The van der Waals surface area contributed by atoms with Crippen LogP contribution in [0.25, 0.3) is 11.2 Å². The van der Waals surface area contributed by atoms with E-state index in [2.05, 4.69) is 15.0 Å². The molecule has 2 fully saturated rings. The second-order valence-corrected chi connectivity index (χ2v) is 7.67. The number of halogens is 1. The number of fused-ring (bicyclic) bond motifs is 2. The lowest BCUT2D eigenvalue weighted by atomic mass is 10.0. The van der Waals surface area contributed by atoms with Crippen LogP contribution >= 0.6 is 11.6 Å². The van der Waals surface area contributed by atoms with E-state index >= 15 is 0 Å². The van der Waals surface area contributed by atoms with Crippen molar-refractivity contribution in [2.45, 2.75) is 63.1 Å². The fourth-order valence-corrected chi connectivity index (χ4v) is 3.86. The maximum atomic E-state index is 11.1. The fourth-order valence-electron chi connectivity index (χ4n) is 3.69. The van der Waals surface area contributed by atoms with Gasteiger partial charge in [-0.1, -0.05) is 0 Å². The normalized spacial score (nSPS) is 29.9. The van der Waals surface area contributed by atoms with Gasteiger partial charge in [0.2, 0.25) is 11.2 Å². The minimum atomic E-state index is -0.972. The van der Waals surface area contributed by atoms with Gasteiger partial charge in [-0.25, -0.2) is 4.98 Å². The molecule has 152 valence electrons. The fraction of sp³-hybridized carbons (Fsp3) is 0.625. The monoisotopic (exact) mass is 412 g/mol. The highest BCUT2D eigenvalue weighted by Gasteiger charge is 2.57. The van der Waals surface area contributed by atoms with Gasteiger partial charge in [0.15, 0.2) is 23.5 Å². The van der Waals surface area contributed by atoms with Crippen LogP contribution in [0.1, 0.15) is 32.9 Å². The summed E-state index contributed by atoms with van der Waals surface area (Å²) in [6.45, 7) is 3.55. The first-order valence-electron chi connectivity index (χ1n) is 8.79. The highest BCUT2D eigenvalue weighted by Crippen LogP contribution is 2.45. The number of aromatic nitrogens is 4. The Kier molecular flexibility index (Phi) is 4.67. The number of carbonyl (C=O) groups is 1. The standard InChI is InChI=1S/C16H21ClN6O5/c1-16(2)27-10-9(6(24)3-4-7(18)25)26-14(11(10)28-16)23-5-20-8-12(19)21-15(17)22-13(8)23/h5-6,9-11,14,24H,3-4H2,1-2H3,(H2,18,25)(H2,19,21,22)/t6?,9-,10-,11-,14-/m1/s1. The van der Waals surface area contributed by atoms with E-state index in [1.807, 2.05) is 0 Å². The Morgan fingerprint density at radius 2 is 2.11 bits per heavy atom. The zero-order valence-corrected chi connectivity index (χ0v) is 16.0. The van der Waals surface area contributed by atoms with Crippen molar-refractivity contribution < 1.29 is 24.1 Å². The molecule has 12 heteroatoms. The van der Waals surface area contributed by atoms with Crippen LogP contribution in [0.15, 0.2) is 6.33 Å². The number of amides is 1. The molecule has 1 amide bonds. The molecule has 0 bridgehead atoms. The van der Waals surface area contributed by atoms with Crippen LogP contribution in [-0.4, -0.2) is 60.7 Å². The van der Waals surface area contributed by atoms with Gasteiger partial charge in [0.05, 0.1) is 12.4 Å². The average Bonchev–Trinajstić information content (AvgIpc) is 3.23. The molecule has 2 aliphatic heterocycles. The van der Waals surface area contributed by atoms with Crippen molar-refractivity contribution in [3.63, 3.8) is 0 Å². The van der Waals surface area contributed by atoms with Crippen LogP contribution in [-0.2, 0) is 19.0 Å². The summed E-state index contributed by atoms with van der Waals surface area (Å²) in [5.74, 6) is -1.23. The predicted octanol–water partition coefficient (Wildman–Crippen LogP) is 0.106. The van der Waals surface area contributed by atoms with Crippen molar-refractivity contribution in [1.82, 2.24) is 19.5 Å². The maximum absolute atomic E-state index is 11.1. The molecule has 0 radical (unpaired) electrons. The predicted molar refractivity (Wildman–Crippen MR) is 96.9 cm³/mol. The van der Waals surface area contributed by atoms with Gasteiger partial charge in [0, 0.05) is 6.42 Å². The molecule has 5 atom stereocenters. The molecular formula is C16H21ClN6O5. The SMILES string of the molecule is CC1(C)O[C@@H]2[C@H](O1)[C@@H](C(O)CCC(N)=O)O[C@H]2n1cnc2c(N)nc(Cl)nc21. The van der Waals surface area contributed by atoms with Crippen LogP contribution in [0.4, 0.5) is 5.82 Å². The van der Waals surface area contributed by atoms with E-state index in [1.165, 1.54) is 6.33 Å². The van der Waals surface area contributed by atoms with Gasteiger partial charge in [-0.05, 0) is 31.9 Å². The van der Waals surface area contributed by atoms with Gasteiger partial charge in [-0.15, -0.1) is 0 Å². The van der Waals surface area contributed by atoms with E-state index in [1.54, 1.807) is 18.4 Å². The molecule has 0 aromatic carbocycles. The second-order valence-electron chi connectivity index (χ2n) is 7.33. The number of ether oxygens (including phenoxy) is 3. The Balaban J connectivity index is 1.69. The van der Waals surface area contributed by atoms with Crippen LogP contribution in [0.3, 0.4) is 0 Å². The van der Waals surface area contributed by atoms with Crippen molar-refractivity contribution in [2.24, 2.45) is 5.73 Å². The zero-order chi connectivity index (χ0) is 20.2. The minimum absolute atomic E-state index is 0.0248. The third kappa shape index (κ3) is 3.29. The number of aliphatic hydroxyl groups excluding tert-OH is 1. The number of primary amides is 1. The Bertz CT molecular complexity index is 920. The first-order chi connectivity index (χ1) is 13.2. The maximum Gasteiger partial charge on any atom is 0.226 e. The Labute approximate surface area is 164 Å². The van der Waals surface area contributed by atoms with E-state index < -0.39 is 42.3 Å². The molecule has 2 aromatic rings. The van der Waals surface area contributed by atoms with Crippen molar-refractivity contribution in [1.29, 1.82) is 0 Å². The van der Waals surface area contributed by atoms with Gasteiger partial charge in [-0.2, -0.15) is 9.97 Å². The van der Waals surface area contributed by atoms with E-state index in [0.717, 1.165) is 0 Å². The lowest BCUT2D eigenvalue weighted by Crippen LogP contribution is -2.39. The summed E-state index contributed by atoms with van der Waals surface area (Å²) < 4.78 is 19.7. The summed E-state index contributed by atoms with van der Waals surface area (Å²) in [7, 11) is 0. The average molecular weight is 413 g/mol. The van der Waals surface area contributed by atoms with Crippen molar-refractivity contribution in [2.75, 3.05) is 5.73 Å². The molecule has 2 aliphatic rings. The van der Waals surface area contributed by atoms with Crippen LogP contribution < -0.4 is 11.5 Å². The molecule has 11 nitrogen and oxygen atoms in total. The third-order valence-electron chi connectivity index (χ3n) is 4.83. The minimum Gasteiger partial charge on any atom is -0.390 e. The topological polar surface area (TPSA) is 161 Å². The van der Waals surface area contributed by atoms with Crippen molar-refractivity contribution in [3.05, 3.63) is 11.6 Å². The molecule has 0 spiro atoms. The summed E-state index contributed by atoms with van der Waals surface area (Å²) in [6.07, 6.45) is -1.84. The summed E-state index contributed by atoms with van der Waals surface area (Å²) in [6, 6.07) is 0. The Hall–Kier alpha value is -2.05. The number of nitrogens with zero attached hydrogens (tertiary/aromatic N) is 4. The molecule has 4 heterocycles. The van der Waals surface area contributed by atoms with Gasteiger partial charge in [-0.3, -0.25) is 9.36 Å².